The molecule has 0 fully saturated rings. The predicted molar refractivity (Wildman–Crippen MR) is 96.3 cm³/mol. The maximum absolute atomic E-state index is 12.2. The molecule has 1 atom stereocenters. The van der Waals surface area contributed by atoms with Gasteiger partial charge < -0.3 is 14.8 Å². The molecule has 3 rings (SSSR count). The zero-order chi connectivity index (χ0) is 17.1. The number of hydrogen-bond donors (Lipinski definition) is 1. The highest BCUT2D eigenvalue weighted by atomic mass is 35.5. The number of rotatable bonds is 5. The van der Waals surface area contributed by atoms with Crippen molar-refractivity contribution in [3.05, 3.63) is 52.0 Å². The van der Waals surface area contributed by atoms with E-state index >= 15 is 0 Å². The van der Waals surface area contributed by atoms with E-state index in [2.05, 4.69) is 5.32 Å². The van der Waals surface area contributed by atoms with Crippen LogP contribution in [-0.4, -0.2) is 18.5 Å². The molecule has 1 aliphatic heterocycles. The van der Waals surface area contributed by atoms with E-state index in [0.29, 0.717) is 20.7 Å². The number of fused-ring (bicyclic) bond motifs is 1. The minimum atomic E-state index is -0.144. The Morgan fingerprint density at radius 2 is 1.92 bits per heavy atom. The number of carbonyl (C=O) groups excluding carboxylic acids is 1. The van der Waals surface area contributed by atoms with Crippen LogP contribution in [0.1, 0.15) is 18.5 Å². The molecule has 0 saturated carbocycles. The van der Waals surface area contributed by atoms with Crippen molar-refractivity contribution in [2.24, 2.45) is 0 Å². The van der Waals surface area contributed by atoms with Gasteiger partial charge in [-0.3, -0.25) is 4.79 Å². The molecule has 4 nitrogen and oxygen atoms in total. The summed E-state index contributed by atoms with van der Waals surface area (Å²) in [7, 11) is 0. The van der Waals surface area contributed by atoms with Gasteiger partial charge in [-0.15, -0.1) is 11.8 Å². The van der Waals surface area contributed by atoms with Crippen molar-refractivity contribution < 1.29 is 14.3 Å². The van der Waals surface area contributed by atoms with Gasteiger partial charge in [-0.25, -0.2) is 0 Å². The summed E-state index contributed by atoms with van der Waals surface area (Å²) in [5, 5.41) is 4.05. The van der Waals surface area contributed by atoms with Crippen molar-refractivity contribution >= 4 is 40.9 Å². The molecule has 1 amide bonds. The van der Waals surface area contributed by atoms with Crippen LogP contribution in [0.3, 0.4) is 0 Å². The number of halogens is 2. The van der Waals surface area contributed by atoms with Crippen molar-refractivity contribution in [2.75, 3.05) is 12.5 Å². The van der Waals surface area contributed by atoms with E-state index in [9.17, 15) is 4.79 Å². The van der Waals surface area contributed by atoms with E-state index < -0.39 is 0 Å². The number of hydrogen-bond acceptors (Lipinski definition) is 4. The maximum Gasteiger partial charge on any atom is 0.231 e. The molecule has 0 aromatic heterocycles. The van der Waals surface area contributed by atoms with Crippen molar-refractivity contribution in [1.82, 2.24) is 5.32 Å². The van der Waals surface area contributed by atoms with E-state index in [-0.39, 0.29) is 24.5 Å². The van der Waals surface area contributed by atoms with Gasteiger partial charge in [-0.05, 0) is 36.8 Å². The average Bonchev–Trinajstić information content (AvgIpc) is 3.01. The highest BCUT2D eigenvalue weighted by Crippen LogP contribution is 2.35. The minimum Gasteiger partial charge on any atom is -0.454 e. The molecular formula is C17H15Cl2NO3S. The molecule has 126 valence electrons. The van der Waals surface area contributed by atoms with Gasteiger partial charge in [0.2, 0.25) is 12.7 Å². The maximum atomic E-state index is 12.2. The second kappa shape index (κ2) is 7.55. The number of thioether (sulfide) groups is 1. The van der Waals surface area contributed by atoms with Gasteiger partial charge in [0.15, 0.2) is 11.5 Å². The Morgan fingerprint density at radius 1 is 1.21 bits per heavy atom. The normalized spacial score (nSPS) is 13.6. The summed E-state index contributed by atoms with van der Waals surface area (Å²) in [5.41, 5.74) is 0.952. The first-order valence-corrected chi connectivity index (χ1v) is 9.04. The first-order valence-electron chi connectivity index (χ1n) is 7.30. The lowest BCUT2D eigenvalue weighted by Gasteiger charge is -2.15. The highest BCUT2D eigenvalue weighted by molar-refractivity contribution is 8.00. The Kier molecular flexibility index (Phi) is 5.43. The molecule has 0 saturated heterocycles. The predicted octanol–water partition coefficient (Wildman–Crippen LogP) is 4.69. The van der Waals surface area contributed by atoms with Gasteiger partial charge in [-0.2, -0.15) is 0 Å². The standard InChI is InChI=1S/C17H15Cl2NO3S/c1-10(11-5-6-14-15(7-11)23-9-22-14)20-16(21)8-24-17-12(18)3-2-4-13(17)19/h2-7,10H,8-9H2,1H3,(H,20,21)/t10-/m0/s1. The molecule has 0 spiro atoms. The van der Waals surface area contributed by atoms with Crippen LogP contribution in [-0.2, 0) is 4.79 Å². The zero-order valence-electron chi connectivity index (χ0n) is 12.8. The van der Waals surface area contributed by atoms with Crippen LogP contribution in [0.2, 0.25) is 10.0 Å². The topological polar surface area (TPSA) is 47.6 Å². The molecule has 0 unspecified atom stereocenters. The molecule has 0 bridgehead atoms. The molecule has 24 heavy (non-hydrogen) atoms. The Bertz CT molecular complexity index is 749. The van der Waals surface area contributed by atoms with Gasteiger partial charge in [0.1, 0.15) is 0 Å². The van der Waals surface area contributed by atoms with E-state index in [4.69, 9.17) is 32.7 Å². The van der Waals surface area contributed by atoms with Gasteiger partial charge in [-0.1, -0.05) is 35.3 Å². The molecule has 1 N–H and O–H groups in total. The average molecular weight is 384 g/mol. The van der Waals surface area contributed by atoms with Crippen LogP contribution in [0.25, 0.3) is 0 Å². The van der Waals surface area contributed by atoms with E-state index in [1.54, 1.807) is 18.2 Å². The van der Waals surface area contributed by atoms with Crippen molar-refractivity contribution in [3.63, 3.8) is 0 Å². The summed E-state index contributed by atoms with van der Waals surface area (Å²) in [5.74, 6) is 1.56. The molecule has 2 aromatic rings. The third-order valence-corrected chi connectivity index (χ3v) is 5.53. The Hall–Kier alpha value is -1.56. The molecular weight excluding hydrogens is 369 g/mol. The van der Waals surface area contributed by atoms with Crippen LogP contribution < -0.4 is 14.8 Å². The fourth-order valence-corrected chi connectivity index (χ4v) is 3.80. The second-order valence-corrected chi connectivity index (χ2v) is 7.04. The van der Waals surface area contributed by atoms with Crippen LogP contribution in [0.4, 0.5) is 0 Å². The summed E-state index contributed by atoms with van der Waals surface area (Å²) in [4.78, 5) is 12.9. The Morgan fingerprint density at radius 3 is 2.67 bits per heavy atom. The number of benzene rings is 2. The summed E-state index contributed by atoms with van der Waals surface area (Å²) in [6.07, 6.45) is 0. The van der Waals surface area contributed by atoms with Gasteiger partial charge in [0, 0.05) is 4.90 Å². The van der Waals surface area contributed by atoms with E-state index in [1.165, 1.54) is 11.8 Å². The van der Waals surface area contributed by atoms with E-state index in [1.807, 2.05) is 25.1 Å². The molecule has 0 radical (unpaired) electrons. The van der Waals surface area contributed by atoms with Gasteiger partial charge >= 0.3 is 0 Å². The third-order valence-electron chi connectivity index (χ3n) is 3.54. The van der Waals surface area contributed by atoms with Crippen LogP contribution in [0, 0.1) is 0 Å². The minimum absolute atomic E-state index is 0.0962. The number of ether oxygens (including phenoxy) is 2. The Labute approximate surface area is 154 Å². The fourth-order valence-electron chi connectivity index (χ4n) is 2.31. The lowest BCUT2D eigenvalue weighted by Crippen LogP contribution is -2.28. The largest absolute Gasteiger partial charge is 0.454 e. The SMILES string of the molecule is C[C@H](NC(=O)CSc1c(Cl)cccc1Cl)c1ccc2c(c1)OCO2. The summed E-state index contributed by atoms with van der Waals surface area (Å²) < 4.78 is 10.6. The monoisotopic (exact) mass is 383 g/mol. The van der Waals surface area contributed by atoms with E-state index in [0.717, 1.165) is 11.3 Å². The lowest BCUT2D eigenvalue weighted by atomic mass is 10.1. The number of amides is 1. The van der Waals surface area contributed by atoms with Gasteiger partial charge in [0.25, 0.3) is 0 Å². The molecule has 1 aliphatic rings. The first-order chi connectivity index (χ1) is 11.5. The molecule has 7 heteroatoms. The fraction of sp³-hybridized carbons (Fsp3) is 0.235. The smallest absolute Gasteiger partial charge is 0.231 e. The van der Waals surface area contributed by atoms with Crippen LogP contribution >= 0.6 is 35.0 Å². The molecule has 2 aromatic carbocycles. The molecule has 0 aliphatic carbocycles. The highest BCUT2D eigenvalue weighted by Gasteiger charge is 2.17. The van der Waals surface area contributed by atoms with Crippen molar-refractivity contribution in [1.29, 1.82) is 0 Å². The Balaban J connectivity index is 1.58. The van der Waals surface area contributed by atoms with Crippen molar-refractivity contribution in [2.45, 2.75) is 17.9 Å². The summed E-state index contributed by atoms with van der Waals surface area (Å²) in [6, 6.07) is 10.8. The first kappa shape index (κ1) is 17.3. The van der Waals surface area contributed by atoms with Gasteiger partial charge in [0.05, 0.1) is 21.8 Å². The molecule has 1 heterocycles. The quantitative estimate of drug-likeness (QED) is 0.760. The zero-order valence-corrected chi connectivity index (χ0v) is 15.2. The summed E-state index contributed by atoms with van der Waals surface area (Å²) >= 11 is 13.5. The number of carbonyl (C=O) groups is 1. The van der Waals surface area contributed by atoms with Crippen LogP contribution in [0.15, 0.2) is 41.3 Å². The summed E-state index contributed by atoms with van der Waals surface area (Å²) in [6.45, 7) is 2.15. The lowest BCUT2D eigenvalue weighted by molar-refractivity contribution is -0.119. The third kappa shape index (κ3) is 3.91. The van der Waals surface area contributed by atoms with Crippen molar-refractivity contribution in [3.8, 4) is 11.5 Å². The number of nitrogens with one attached hydrogen (secondary N) is 1. The second-order valence-electron chi connectivity index (χ2n) is 5.24. The van der Waals surface area contributed by atoms with Crippen LogP contribution in [0.5, 0.6) is 11.5 Å².